The van der Waals surface area contributed by atoms with Crippen LogP contribution >= 0.6 is 0 Å². The molecule has 0 fully saturated rings. The molecule has 0 saturated carbocycles. The summed E-state index contributed by atoms with van der Waals surface area (Å²) in [5, 5.41) is 20.5. The van der Waals surface area contributed by atoms with Gasteiger partial charge in [-0.25, -0.2) is 0 Å². The lowest BCUT2D eigenvalue weighted by molar-refractivity contribution is 0.102. The van der Waals surface area contributed by atoms with E-state index in [9.17, 15) is 4.79 Å². The van der Waals surface area contributed by atoms with E-state index in [-0.39, 0.29) is 11.7 Å². The van der Waals surface area contributed by atoms with Crippen molar-refractivity contribution in [2.24, 2.45) is 0 Å². The zero-order valence-corrected chi connectivity index (χ0v) is 9.42. The number of nitriles is 1. The van der Waals surface area contributed by atoms with Gasteiger partial charge in [-0.1, -0.05) is 0 Å². The Morgan fingerprint density at radius 1 is 1.06 bits per heavy atom. The Bertz CT molecular complexity index is 595. The van der Waals surface area contributed by atoms with Gasteiger partial charge in [-0.2, -0.15) is 5.26 Å². The first kappa shape index (κ1) is 11.7. The Morgan fingerprint density at radius 3 is 2.22 bits per heavy atom. The molecule has 4 nitrogen and oxygen atoms in total. The van der Waals surface area contributed by atoms with Crippen molar-refractivity contribution in [1.82, 2.24) is 0 Å². The fraction of sp³-hybridized carbons (Fsp3) is 0. The van der Waals surface area contributed by atoms with Crippen LogP contribution in [0.5, 0.6) is 5.75 Å². The molecule has 0 saturated heterocycles. The van der Waals surface area contributed by atoms with Crippen molar-refractivity contribution in [2.75, 3.05) is 5.32 Å². The highest BCUT2D eigenvalue weighted by molar-refractivity contribution is 6.04. The van der Waals surface area contributed by atoms with E-state index in [0.717, 1.165) is 0 Å². The lowest BCUT2D eigenvalue weighted by Crippen LogP contribution is -2.11. The highest BCUT2D eigenvalue weighted by Crippen LogP contribution is 2.15. The lowest BCUT2D eigenvalue weighted by atomic mass is 10.1. The van der Waals surface area contributed by atoms with Gasteiger partial charge in [0, 0.05) is 11.3 Å². The minimum absolute atomic E-state index is 0.145. The summed E-state index contributed by atoms with van der Waals surface area (Å²) in [6, 6.07) is 14.6. The summed E-state index contributed by atoms with van der Waals surface area (Å²) < 4.78 is 0. The molecule has 0 aromatic heterocycles. The number of carbonyl (C=O) groups is 1. The number of rotatable bonds is 2. The Hall–Kier alpha value is -2.80. The van der Waals surface area contributed by atoms with Crippen LogP contribution in [0.15, 0.2) is 48.5 Å². The molecule has 0 atom stereocenters. The first-order chi connectivity index (χ1) is 8.69. The monoisotopic (exact) mass is 238 g/mol. The van der Waals surface area contributed by atoms with Crippen LogP contribution in [0.2, 0.25) is 0 Å². The number of nitrogens with one attached hydrogen (secondary N) is 1. The molecule has 0 aliphatic carbocycles. The van der Waals surface area contributed by atoms with Crippen molar-refractivity contribution in [3.8, 4) is 11.8 Å². The molecule has 0 aliphatic heterocycles. The van der Waals surface area contributed by atoms with E-state index in [0.29, 0.717) is 16.8 Å². The highest BCUT2D eigenvalue weighted by atomic mass is 16.3. The third-order valence-corrected chi connectivity index (χ3v) is 2.40. The second-order valence-corrected chi connectivity index (χ2v) is 3.69. The molecular weight excluding hydrogens is 228 g/mol. The first-order valence-electron chi connectivity index (χ1n) is 5.29. The van der Waals surface area contributed by atoms with Crippen LogP contribution in [0, 0.1) is 11.3 Å². The number of phenols is 1. The largest absolute Gasteiger partial charge is 0.508 e. The quantitative estimate of drug-likeness (QED) is 0.789. The number of hydrogen-bond donors (Lipinski definition) is 2. The van der Waals surface area contributed by atoms with Crippen LogP contribution in [0.1, 0.15) is 15.9 Å². The van der Waals surface area contributed by atoms with Gasteiger partial charge in [0.15, 0.2) is 0 Å². The predicted octanol–water partition coefficient (Wildman–Crippen LogP) is 2.52. The molecule has 0 unspecified atom stereocenters. The van der Waals surface area contributed by atoms with Gasteiger partial charge in [0.1, 0.15) is 5.75 Å². The molecule has 18 heavy (non-hydrogen) atoms. The van der Waals surface area contributed by atoms with Gasteiger partial charge in [0.05, 0.1) is 11.6 Å². The molecule has 1 amide bonds. The number of phenolic OH excluding ortho intramolecular Hbond substituents is 1. The number of nitrogens with zero attached hydrogens (tertiary/aromatic N) is 1. The van der Waals surface area contributed by atoms with E-state index in [4.69, 9.17) is 10.4 Å². The Labute approximate surface area is 104 Å². The third-order valence-electron chi connectivity index (χ3n) is 2.40. The second kappa shape index (κ2) is 5.02. The molecule has 2 rings (SSSR count). The van der Waals surface area contributed by atoms with E-state index in [2.05, 4.69) is 5.32 Å². The minimum atomic E-state index is -0.259. The highest BCUT2D eigenvalue weighted by Gasteiger charge is 2.05. The fourth-order valence-corrected chi connectivity index (χ4v) is 1.44. The van der Waals surface area contributed by atoms with Crippen LogP contribution < -0.4 is 5.32 Å². The normalized spacial score (nSPS) is 9.50. The molecule has 4 heteroatoms. The number of hydrogen-bond acceptors (Lipinski definition) is 3. The van der Waals surface area contributed by atoms with Gasteiger partial charge in [0.25, 0.3) is 5.91 Å². The van der Waals surface area contributed by atoms with Gasteiger partial charge in [-0.3, -0.25) is 4.79 Å². The van der Waals surface area contributed by atoms with Gasteiger partial charge in [0.2, 0.25) is 0 Å². The second-order valence-electron chi connectivity index (χ2n) is 3.69. The number of carbonyl (C=O) groups excluding carboxylic acids is 1. The average molecular weight is 238 g/mol. The Balaban J connectivity index is 2.12. The zero-order chi connectivity index (χ0) is 13.0. The minimum Gasteiger partial charge on any atom is -0.508 e. The number of amides is 1. The maximum Gasteiger partial charge on any atom is 0.255 e. The number of benzene rings is 2. The zero-order valence-electron chi connectivity index (χ0n) is 9.42. The average Bonchev–Trinajstić information content (AvgIpc) is 2.41. The fourth-order valence-electron chi connectivity index (χ4n) is 1.44. The summed E-state index contributed by atoms with van der Waals surface area (Å²) in [4.78, 5) is 11.8. The maximum absolute atomic E-state index is 11.8. The summed E-state index contributed by atoms with van der Waals surface area (Å²) >= 11 is 0. The van der Waals surface area contributed by atoms with Gasteiger partial charge in [-0.15, -0.1) is 0 Å². The van der Waals surface area contributed by atoms with Crippen molar-refractivity contribution in [3.05, 3.63) is 59.7 Å². The van der Waals surface area contributed by atoms with Crippen LogP contribution in [-0.2, 0) is 0 Å². The van der Waals surface area contributed by atoms with Gasteiger partial charge >= 0.3 is 0 Å². The lowest BCUT2D eigenvalue weighted by Gasteiger charge is -2.05. The van der Waals surface area contributed by atoms with Crippen LogP contribution in [0.25, 0.3) is 0 Å². The number of anilines is 1. The Kier molecular flexibility index (Phi) is 3.26. The molecule has 2 N–H and O–H groups in total. The first-order valence-corrected chi connectivity index (χ1v) is 5.29. The van der Waals surface area contributed by atoms with Gasteiger partial charge < -0.3 is 10.4 Å². The third kappa shape index (κ3) is 2.66. The van der Waals surface area contributed by atoms with Crippen LogP contribution in [-0.4, -0.2) is 11.0 Å². The SMILES string of the molecule is N#Cc1ccc(C(=O)Nc2ccc(O)cc2)cc1. The predicted molar refractivity (Wildman–Crippen MR) is 67.2 cm³/mol. The van der Waals surface area contributed by atoms with Crippen molar-refractivity contribution >= 4 is 11.6 Å². The van der Waals surface area contributed by atoms with E-state index in [1.54, 1.807) is 36.4 Å². The van der Waals surface area contributed by atoms with Crippen LogP contribution in [0.3, 0.4) is 0 Å². The van der Waals surface area contributed by atoms with Crippen molar-refractivity contribution < 1.29 is 9.90 Å². The summed E-state index contributed by atoms with van der Waals surface area (Å²) in [5.74, 6) is -0.114. The smallest absolute Gasteiger partial charge is 0.255 e. The molecule has 0 aliphatic rings. The molecular formula is C14H10N2O2. The summed E-state index contributed by atoms with van der Waals surface area (Å²) in [7, 11) is 0. The molecule has 0 heterocycles. The van der Waals surface area contributed by atoms with Crippen LogP contribution in [0.4, 0.5) is 5.69 Å². The molecule has 0 bridgehead atoms. The molecule has 88 valence electrons. The Morgan fingerprint density at radius 2 is 1.67 bits per heavy atom. The number of aromatic hydroxyl groups is 1. The summed E-state index contributed by atoms with van der Waals surface area (Å²) in [6.45, 7) is 0. The van der Waals surface area contributed by atoms with E-state index < -0.39 is 0 Å². The van der Waals surface area contributed by atoms with E-state index in [1.807, 2.05) is 6.07 Å². The van der Waals surface area contributed by atoms with E-state index in [1.165, 1.54) is 12.1 Å². The molecule has 2 aromatic rings. The molecule has 0 radical (unpaired) electrons. The summed E-state index contributed by atoms with van der Waals surface area (Å²) in [5.41, 5.74) is 1.58. The summed E-state index contributed by atoms with van der Waals surface area (Å²) in [6.07, 6.45) is 0. The van der Waals surface area contributed by atoms with Crippen molar-refractivity contribution in [1.29, 1.82) is 5.26 Å². The maximum atomic E-state index is 11.8. The van der Waals surface area contributed by atoms with Gasteiger partial charge in [-0.05, 0) is 48.5 Å². The molecule has 0 spiro atoms. The topological polar surface area (TPSA) is 73.1 Å². The molecule has 2 aromatic carbocycles. The standard InChI is InChI=1S/C14H10N2O2/c15-9-10-1-3-11(4-2-10)14(18)16-12-5-7-13(17)8-6-12/h1-8,17H,(H,16,18). The van der Waals surface area contributed by atoms with Crippen molar-refractivity contribution in [3.63, 3.8) is 0 Å². The van der Waals surface area contributed by atoms with E-state index >= 15 is 0 Å². The van der Waals surface area contributed by atoms with Crippen molar-refractivity contribution in [2.45, 2.75) is 0 Å².